The number of aliphatic hydroxyl groups is 2. The summed E-state index contributed by atoms with van der Waals surface area (Å²) in [6.45, 7) is 0.303. The summed E-state index contributed by atoms with van der Waals surface area (Å²) < 4.78 is 132. The fourth-order valence-corrected chi connectivity index (χ4v) is 2.00. The zero-order valence-corrected chi connectivity index (χ0v) is 10.4. The minimum Gasteiger partial charge on any atom is -0.378 e. The van der Waals surface area contributed by atoms with Crippen LogP contribution in [0.1, 0.15) is 13.3 Å². The van der Waals surface area contributed by atoms with E-state index in [2.05, 4.69) is 4.74 Å². The van der Waals surface area contributed by atoms with E-state index in [9.17, 15) is 49.0 Å². The molecule has 22 heavy (non-hydrogen) atoms. The molecule has 3 unspecified atom stereocenters. The molecule has 1 aliphatic rings. The van der Waals surface area contributed by atoms with Crippen LogP contribution in [0.25, 0.3) is 0 Å². The maximum atomic E-state index is 13.7. The molecule has 1 rings (SSSR count). The molecule has 0 aromatic rings. The number of halogens is 10. The zero-order chi connectivity index (χ0) is 18.0. The Kier molecular flexibility index (Phi) is 4.02. The van der Waals surface area contributed by atoms with Crippen molar-refractivity contribution in [3.63, 3.8) is 0 Å². The first-order valence-corrected chi connectivity index (χ1v) is 5.41. The van der Waals surface area contributed by atoms with Gasteiger partial charge in [-0.25, -0.2) is 0 Å². The van der Waals surface area contributed by atoms with Gasteiger partial charge in [-0.1, -0.05) is 6.92 Å². The number of alkyl halides is 10. The van der Waals surface area contributed by atoms with Crippen molar-refractivity contribution in [2.75, 3.05) is 0 Å². The fourth-order valence-electron chi connectivity index (χ4n) is 2.00. The van der Waals surface area contributed by atoms with E-state index in [4.69, 9.17) is 5.11 Å². The van der Waals surface area contributed by atoms with Crippen LogP contribution in [0, 0.1) is 0 Å². The van der Waals surface area contributed by atoms with Crippen LogP contribution in [-0.2, 0) is 4.74 Å². The maximum absolute atomic E-state index is 13.7. The van der Waals surface area contributed by atoms with Gasteiger partial charge >= 0.3 is 30.0 Å². The zero-order valence-electron chi connectivity index (χ0n) is 10.4. The Morgan fingerprint density at radius 1 is 0.955 bits per heavy atom. The lowest BCUT2D eigenvalue weighted by Crippen LogP contribution is -2.83. The first kappa shape index (κ1) is 19.2. The van der Waals surface area contributed by atoms with Crippen molar-refractivity contribution in [1.82, 2.24) is 0 Å². The molecule has 1 heterocycles. The summed E-state index contributed by atoms with van der Waals surface area (Å²) in [6, 6.07) is 0. The highest BCUT2D eigenvalue weighted by Crippen LogP contribution is 2.61. The number of ether oxygens (including phenoxy) is 1. The lowest BCUT2D eigenvalue weighted by Gasteiger charge is -2.54. The Balaban J connectivity index is 3.70. The average molecular weight is 354 g/mol. The first-order chi connectivity index (χ1) is 9.40. The topological polar surface area (TPSA) is 49.7 Å². The highest BCUT2D eigenvalue weighted by Gasteiger charge is 2.90. The van der Waals surface area contributed by atoms with Crippen LogP contribution in [0.5, 0.6) is 0 Å². The Hall–Kier alpha value is -0.820. The summed E-state index contributed by atoms with van der Waals surface area (Å²) >= 11 is 0. The minimum atomic E-state index is -6.60. The second-order valence-electron chi connectivity index (χ2n) is 4.59. The standard InChI is InChI=1S/C9H8F10O3/c1-2-4(20)5(10,11)3(6(12,13)14)22-8(21,7(4,15)16)9(17,18)19/h3,20-21H,2H2,1H3. The molecule has 0 saturated carbocycles. The van der Waals surface area contributed by atoms with Gasteiger partial charge in [-0.15, -0.1) is 0 Å². The van der Waals surface area contributed by atoms with Crippen LogP contribution in [0.15, 0.2) is 0 Å². The van der Waals surface area contributed by atoms with Crippen molar-refractivity contribution in [3.8, 4) is 0 Å². The Bertz CT molecular complexity index is 438. The van der Waals surface area contributed by atoms with Crippen LogP contribution in [-0.4, -0.2) is 51.9 Å². The fraction of sp³-hybridized carbons (Fsp3) is 1.00. The smallest absolute Gasteiger partial charge is 0.378 e. The minimum absolute atomic E-state index is 0.303. The lowest BCUT2D eigenvalue weighted by molar-refractivity contribution is -0.533. The van der Waals surface area contributed by atoms with E-state index < -0.39 is 48.1 Å². The Morgan fingerprint density at radius 2 is 1.36 bits per heavy atom. The predicted molar refractivity (Wildman–Crippen MR) is 47.1 cm³/mol. The third-order valence-electron chi connectivity index (χ3n) is 3.31. The Morgan fingerprint density at radius 3 is 1.64 bits per heavy atom. The number of hydrogen-bond acceptors (Lipinski definition) is 3. The third-order valence-corrected chi connectivity index (χ3v) is 3.31. The van der Waals surface area contributed by atoms with Crippen molar-refractivity contribution in [3.05, 3.63) is 0 Å². The third kappa shape index (κ3) is 2.08. The van der Waals surface area contributed by atoms with E-state index in [0.717, 1.165) is 0 Å². The summed E-state index contributed by atoms with van der Waals surface area (Å²) in [5.74, 6) is -18.0. The summed E-state index contributed by atoms with van der Waals surface area (Å²) in [6.07, 6.45) is -19.6. The van der Waals surface area contributed by atoms with Crippen LogP contribution >= 0.6 is 0 Å². The van der Waals surface area contributed by atoms with Crippen molar-refractivity contribution < 1.29 is 58.9 Å². The predicted octanol–water partition coefficient (Wildman–Crippen LogP) is 2.61. The lowest BCUT2D eigenvalue weighted by atomic mass is 9.75. The van der Waals surface area contributed by atoms with Gasteiger partial charge in [0.15, 0.2) is 0 Å². The molecular weight excluding hydrogens is 346 g/mol. The quantitative estimate of drug-likeness (QED) is 0.712. The van der Waals surface area contributed by atoms with Gasteiger partial charge in [-0.3, -0.25) is 0 Å². The van der Waals surface area contributed by atoms with E-state index >= 15 is 0 Å². The monoisotopic (exact) mass is 354 g/mol. The molecule has 1 fully saturated rings. The summed E-state index contributed by atoms with van der Waals surface area (Å²) in [4.78, 5) is 0. The average Bonchev–Trinajstić information content (AvgIpc) is 2.29. The molecular formula is C9H8F10O3. The maximum Gasteiger partial charge on any atom is 0.449 e. The summed E-state index contributed by atoms with van der Waals surface area (Å²) in [5, 5.41) is 18.1. The molecule has 0 bridgehead atoms. The molecule has 132 valence electrons. The van der Waals surface area contributed by atoms with Gasteiger partial charge in [0.1, 0.15) is 0 Å². The summed E-state index contributed by atoms with van der Waals surface area (Å²) in [5.41, 5.74) is -5.15. The molecule has 0 spiro atoms. The van der Waals surface area contributed by atoms with Crippen LogP contribution < -0.4 is 0 Å². The molecule has 3 nitrogen and oxygen atoms in total. The Labute approximate surface area is 115 Å². The van der Waals surface area contributed by atoms with Crippen molar-refractivity contribution in [1.29, 1.82) is 0 Å². The van der Waals surface area contributed by atoms with Crippen LogP contribution in [0.4, 0.5) is 43.9 Å². The molecule has 0 aromatic heterocycles. The molecule has 1 aliphatic heterocycles. The van der Waals surface area contributed by atoms with Gasteiger partial charge in [-0.05, 0) is 6.42 Å². The first-order valence-electron chi connectivity index (χ1n) is 5.41. The largest absolute Gasteiger partial charge is 0.449 e. The molecule has 1 saturated heterocycles. The van der Waals surface area contributed by atoms with Gasteiger partial charge in [0, 0.05) is 0 Å². The van der Waals surface area contributed by atoms with E-state index in [1.165, 1.54) is 0 Å². The van der Waals surface area contributed by atoms with E-state index in [1.807, 2.05) is 0 Å². The molecule has 2 N–H and O–H groups in total. The second-order valence-corrected chi connectivity index (χ2v) is 4.59. The van der Waals surface area contributed by atoms with Crippen molar-refractivity contribution in [2.24, 2.45) is 0 Å². The van der Waals surface area contributed by atoms with Crippen molar-refractivity contribution >= 4 is 0 Å². The highest BCUT2D eigenvalue weighted by atomic mass is 19.4. The molecule has 0 aromatic carbocycles. The second kappa shape index (κ2) is 4.60. The van der Waals surface area contributed by atoms with Gasteiger partial charge in [0.05, 0.1) is 0 Å². The number of rotatable bonds is 1. The molecule has 3 atom stereocenters. The van der Waals surface area contributed by atoms with E-state index in [0.29, 0.717) is 6.92 Å². The molecule has 0 amide bonds. The van der Waals surface area contributed by atoms with Gasteiger partial charge in [0.25, 0.3) is 0 Å². The number of hydrogen-bond donors (Lipinski definition) is 2. The molecule has 0 aliphatic carbocycles. The highest BCUT2D eigenvalue weighted by molar-refractivity contribution is 5.18. The van der Waals surface area contributed by atoms with Gasteiger partial charge < -0.3 is 14.9 Å². The van der Waals surface area contributed by atoms with Crippen molar-refractivity contribution in [2.45, 2.75) is 55.0 Å². The van der Waals surface area contributed by atoms with E-state index in [1.54, 1.807) is 0 Å². The van der Waals surface area contributed by atoms with Crippen LogP contribution in [0.3, 0.4) is 0 Å². The molecule has 13 heteroatoms. The molecule has 0 radical (unpaired) electrons. The SMILES string of the molecule is CCC1(O)C(F)(F)C(C(F)(F)F)OC(O)(C(F)(F)F)C1(F)F. The van der Waals surface area contributed by atoms with E-state index in [-0.39, 0.29) is 0 Å². The van der Waals surface area contributed by atoms with Crippen LogP contribution in [0.2, 0.25) is 0 Å². The van der Waals surface area contributed by atoms with Gasteiger partial charge in [-0.2, -0.15) is 43.9 Å². The summed E-state index contributed by atoms with van der Waals surface area (Å²) in [7, 11) is 0. The normalized spacial score (nSPS) is 38.9. The van der Waals surface area contributed by atoms with Gasteiger partial charge in [0.2, 0.25) is 11.7 Å².